The van der Waals surface area contributed by atoms with Crippen molar-refractivity contribution in [1.82, 2.24) is 14.9 Å². The van der Waals surface area contributed by atoms with Crippen LogP contribution in [0.4, 0.5) is 20.4 Å². The minimum atomic E-state index is -2.50. The van der Waals surface area contributed by atoms with Gasteiger partial charge in [-0.05, 0) is 43.9 Å². The molecule has 2 atom stereocenters. The molecule has 170 valence electrons. The Balaban J connectivity index is 0.000000214. The predicted octanol–water partition coefficient (Wildman–Crippen LogP) is 4.69. The second-order valence-corrected chi connectivity index (χ2v) is 10.1. The van der Waals surface area contributed by atoms with E-state index in [9.17, 15) is 8.78 Å². The molecule has 3 aliphatic heterocycles. The zero-order valence-corrected chi connectivity index (χ0v) is 19.5. The number of alkyl halides is 2. The van der Waals surface area contributed by atoms with Crippen LogP contribution in [0, 0.1) is 17.3 Å². The van der Waals surface area contributed by atoms with Gasteiger partial charge in [-0.25, -0.2) is 18.7 Å². The largest absolute Gasteiger partial charge is 0.369 e. The summed E-state index contributed by atoms with van der Waals surface area (Å²) in [5.74, 6) is 4.72. The molecule has 3 saturated heterocycles. The van der Waals surface area contributed by atoms with Gasteiger partial charge in [-0.3, -0.25) is 0 Å². The Kier molecular flexibility index (Phi) is 6.58. The molecule has 1 aromatic heterocycles. The second kappa shape index (κ2) is 9.06. The van der Waals surface area contributed by atoms with Gasteiger partial charge in [-0.1, -0.05) is 13.8 Å². The number of hydrogen-bond donors (Lipinski definition) is 1. The molecule has 1 saturated carbocycles. The quantitative estimate of drug-likeness (QED) is 0.718. The fourth-order valence-corrected chi connectivity index (χ4v) is 6.18. The highest BCUT2D eigenvalue weighted by molar-refractivity contribution is 8.00. The summed E-state index contributed by atoms with van der Waals surface area (Å²) in [5, 5.41) is 0.617. The Bertz CT molecular complexity index is 910. The van der Waals surface area contributed by atoms with Crippen LogP contribution in [0.5, 0.6) is 0 Å². The van der Waals surface area contributed by atoms with Gasteiger partial charge in [0.05, 0.1) is 11.2 Å². The molecule has 8 heteroatoms. The first-order valence-electron chi connectivity index (χ1n) is 11.3. The van der Waals surface area contributed by atoms with E-state index in [0.717, 1.165) is 48.5 Å². The number of nitrogens with two attached hydrogens (primary N) is 1. The summed E-state index contributed by atoms with van der Waals surface area (Å²) in [7, 11) is 2.21. The maximum atomic E-state index is 13.2. The lowest BCUT2D eigenvalue weighted by atomic mass is 9.91. The van der Waals surface area contributed by atoms with Crippen LogP contribution < -0.4 is 10.6 Å². The van der Waals surface area contributed by atoms with Crippen molar-refractivity contribution in [2.24, 2.45) is 17.3 Å². The topological polar surface area (TPSA) is 58.3 Å². The number of benzene rings is 1. The third-order valence-corrected chi connectivity index (χ3v) is 8.35. The molecule has 4 fully saturated rings. The lowest BCUT2D eigenvalue weighted by molar-refractivity contribution is 0.151. The lowest BCUT2D eigenvalue weighted by Crippen LogP contribution is -2.38. The normalized spacial score (nSPS) is 25.5. The summed E-state index contributed by atoms with van der Waals surface area (Å²) in [6, 6.07) is 3.01. The van der Waals surface area contributed by atoms with Gasteiger partial charge in [0.15, 0.2) is 0 Å². The number of piperidine rings is 1. The molecule has 2 unspecified atom stereocenters. The molecule has 4 heterocycles. The molecule has 6 rings (SSSR count). The van der Waals surface area contributed by atoms with Crippen molar-refractivity contribution in [1.29, 1.82) is 0 Å². The van der Waals surface area contributed by atoms with E-state index >= 15 is 0 Å². The minimum Gasteiger partial charge on any atom is -0.369 e. The van der Waals surface area contributed by atoms with Crippen LogP contribution in [0.15, 0.2) is 18.3 Å². The van der Waals surface area contributed by atoms with Gasteiger partial charge in [-0.15, -0.1) is 0 Å². The molecule has 1 spiro atoms. The summed E-state index contributed by atoms with van der Waals surface area (Å²) in [5.41, 5.74) is 7.49. The Morgan fingerprint density at radius 3 is 2.42 bits per heavy atom. The van der Waals surface area contributed by atoms with Gasteiger partial charge in [0.25, 0.3) is 6.43 Å². The second-order valence-electron chi connectivity index (χ2n) is 9.15. The van der Waals surface area contributed by atoms with Gasteiger partial charge in [-0.2, -0.15) is 11.8 Å². The van der Waals surface area contributed by atoms with Crippen LogP contribution in [0.2, 0.25) is 0 Å². The van der Waals surface area contributed by atoms with E-state index < -0.39 is 6.43 Å². The summed E-state index contributed by atoms with van der Waals surface area (Å²) in [6.07, 6.45) is 1.67. The van der Waals surface area contributed by atoms with Crippen LogP contribution in [0.3, 0.4) is 0 Å². The number of halogens is 2. The third kappa shape index (κ3) is 4.75. The first-order chi connectivity index (χ1) is 14.9. The van der Waals surface area contributed by atoms with E-state index in [1.807, 2.05) is 25.6 Å². The fraction of sp³-hybridized carbons (Fsp3) is 0.652. The Hall–Kier alpha value is -1.67. The monoisotopic (exact) mass is 449 g/mol. The van der Waals surface area contributed by atoms with Crippen molar-refractivity contribution in [2.75, 3.05) is 55.4 Å². The van der Waals surface area contributed by atoms with Crippen molar-refractivity contribution in [3.8, 4) is 0 Å². The number of thioether (sulfide) groups is 1. The van der Waals surface area contributed by atoms with Crippen LogP contribution in [-0.2, 0) is 0 Å². The first kappa shape index (κ1) is 22.5. The highest BCUT2D eigenvalue weighted by Gasteiger charge is 2.44. The molecule has 0 radical (unpaired) electrons. The molecule has 4 aliphatic rings. The van der Waals surface area contributed by atoms with E-state index in [4.69, 9.17) is 5.73 Å². The number of hydrogen-bond acceptors (Lipinski definition) is 6. The highest BCUT2D eigenvalue weighted by atomic mass is 32.2. The van der Waals surface area contributed by atoms with Gasteiger partial charge >= 0.3 is 0 Å². The Morgan fingerprint density at radius 1 is 1.19 bits per heavy atom. The molecule has 2 N–H and O–H groups in total. The third-order valence-electron chi connectivity index (χ3n) is 6.71. The van der Waals surface area contributed by atoms with E-state index in [0.29, 0.717) is 16.3 Å². The Labute approximate surface area is 187 Å². The van der Waals surface area contributed by atoms with Gasteiger partial charge in [0.1, 0.15) is 0 Å². The molecule has 0 bridgehead atoms. The number of nitrogens with zero attached hydrogens (tertiary/aromatic N) is 4. The molecular weight excluding hydrogens is 416 g/mol. The molecule has 5 nitrogen and oxygen atoms in total. The minimum absolute atomic E-state index is 0.0137. The van der Waals surface area contributed by atoms with Crippen LogP contribution in [0.1, 0.15) is 38.7 Å². The fourth-order valence-electron chi connectivity index (χ4n) is 4.93. The molecule has 0 amide bonds. The molecule has 2 aromatic rings. The van der Waals surface area contributed by atoms with Crippen molar-refractivity contribution in [3.63, 3.8) is 0 Å². The summed E-state index contributed by atoms with van der Waals surface area (Å²) in [6.45, 7) is 8.55. The number of rotatable bonds is 2. The molecular formula is C23H33F2N5S. The number of nitrogen functional groups attached to an aromatic ring is 1. The predicted molar refractivity (Wildman–Crippen MR) is 126 cm³/mol. The van der Waals surface area contributed by atoms with E-state index in [2.05, 4.69) is 26.8 Å². The number of anilines is 2. The molecule has 31 heavy (non-hydrogen) atoms. The standard InChI is InChI=1S/C15H16F2N4S.C6H11N.C2H6/c16-13(17)9-3-10-5-19-14(18)20-12(10)11(4-9)21-2-1-15(6-21)7-22-8-15;1-7-3-5-2-6(5)4-7;1-2/h3-5,13H,1-2,6-8H2,(H2,18,19,20);5-6H,2-4H2,1H3;1-2H3. The number of likely N-dealkylation sites (tertiary alicyclic amines) is 1. The van der Waals surface area contributed by atoms with E-state index in [1.54, 1.807) is 6.07 Å². The van der Waals surface area contributed by atoms with Crippen molar-refractivity contribution in [2.45, 2.75) is 33.1 Å². The number of fused-ring (bicyclic) bond motifs is 2. The van der Waals surface area contributed by atoms with Gasteiger partial charge in [0, 0.05) is 60.2 Å². The maximum Gasteiger partial charge on any atom is 0.263 e. The van der Waals surface area contributed by atoms with Gasteiger partial charge in [0.2, 0.25) is 5.95 Å². The van der Waals surface area contributed by atoms with Crippen LogP contribution in [-0.4, -0.2) is 59.6 Å². The maximum absolute atomic E-state index is 13.2. The van der Waals surface area contributed by atoms with Crippen LogP contribution in [0.25, 0.3) is 10.9 Å². The van der Waals surface area contributed by atoms with Crippen molar-refractivity contribution in [3.05, 3.63) is 23.9 Å². The summed E-state index contributed by atoms with van der Waals surface area (Å²) < 4.78 is 26.4. The Morgan fingerprint density at radius 2 is 1.90 bits per heavy atom. The van der Waals surface area contributed by atoms with Crippen molar-refractivity contribution >= 4 is 34.3 Å². The summed E-state index contributed by atoms with van der Waals surface area (Å²) in [4.78, 5) is 12.8. The van der Waals surface area contributed by atoms with E-state index in [1.165, 1.54) is 31.8 Å². The highest BCUT2D eigenvalue weighted by Crippen LogP contribution is 2.47. The smallest absolute Gasteiger partial charge is 0.263 e. The molecule has 1 aliphatic carbocycles. The zero-order chi connectivity index (χ0) is 22.2. The SMILES string of the molecule is CC.CN1CC2CC2C1.Nc1ncc2cc(C(F)F)cc(N3CCC4(CSC4)C3)c2n1. The average molecular weight is 450 g/mol. The first-order valence-corrected chi connectivity index (χ1v) is 12.4. The zero-order valence-electron chi connectivity index (χ0n) is 18.7. The average Bonchev–Trinajstić information content (AvgIpc) is 3.15. The number of aromatic nitrogens is 2. The van der Waals surface area contributed by atoms with E-state index in [-0.39, 0.29) is 11.5 Å². The lowest BCUT2D eigenvalue weighted by Gasteiger charge is -2.37. The molecule has 1 aromatic carbocycles. The van der Waals surface area contributed by atoms with Gasteiger partial charge < -0.3 is 15.5 Å². The van der Waals surface area contributed by atoms with Crippen LogP contribution >= 0.6 is 11.8 Å². The van der Waals surface area contributed by atoms with Crippen molar-refractivity contribution < 1.29 is 8.78 Å². The summed E-state index contributed by atoms with van der Waals surface area (Å²) >= 11 is 1.95.